The zero-order chi connectivity index (χ0) is 22.7. The van der Waals surface area contributed by atoms with Gasteiger partial charge in [-0.05, 0) is 49.4 Å². The van der Waals surface area contributed by atoms with Gasteiger partial charge in [0.1, 0.15) is 23.0 Å². The zero-order valence-electron chi connectivity index (χ0n) is 17.6. The van der Waals surface area contributed by atoms with Gasteiger partial charge in [-0.2, -0.15) is 0 Å². The Morgan fingerprint density at radius 1 is 0.875 bits per heavy atom. The number of hydrogen-bond acceptors (Lipinski definition) is 5. The van der Waals surface area contributed by atoms with E-state index in [0.29, 0.717) is 35.0 Å². The molecule has 7 heteroatoms. The van der Waals surface area contributed by atoms with Crippen LogP contribution in [-0.2, 0) is 9.59 Å². The number of para-hydroxylation sites is 3. The lowest BCUT2D eigenvalue weighted by Crippen LogP contribution is -2.32. The van der Waals surface area contributed by atoms with Crippen molar-refractivity contribution in [1.29, 1.82) is 0 Å². The molecule has 0 bridgehead atoms. The second-order valence-electron chi connectivity index (χ2n) is 6.93. The fraction of sp³-hybridized carbons (Fsp3) is 0.120. The Kier molecular flexibility index (Phi) is 5.89. The molecule has 0 saturated carbocycles. The van der Waals surface area contributed by atoms with Crippen LogP contribution in [0.25, 0.3) is 5.57 Å². The number of amides is 2. The molecule has 0 aromatic heterocycles. The lowest BCUT2D eigenvalue weighted by molar-refractivity contribution is -0.120. The molecular formula is C25H21FN2O4. The standard InChI is InChI=1S/C25H21FN2O4/c1-3-32-21-11-7-5-9-19(21)28-24(29)22(18-8-4-6-10-20(18)31-2)23(25(28)30)27-17-14-12-16(26)13-15-17/h4-15,27H,3H2,1-2H3. The van der Waals surface area contributed by atoms with E-state index in [9.17, 15) is 14.0 Å². The van der Waals surface area contributed by atoms with Gasteiger partial charge in [0.05, 0.1) is 25.0 Å². The summed E-state index contributed by atoms with van der Waals surface area (Å²) >= 11 is 0. The SMILES string of the molecule is CCOc1ccccc1N1C(=O)C(Nc2ccc(F)cc2)=C(c2ccccc2OC)C1=O. The van der Waals surface area contributed by atoms with Crippen LogP contribution < -0.4 is 19.7 Å². The van der Waals surface area contributed by atoms with Gasteiger partial charge in [0.15, 0.2) is 0 Å². The van der Waals surface area contributed by atoms with Gasteiger partial charge < -0.3 is 14.8 Å². The fourth-order valence-corrected chi connectivity index (χ4v) is 3.56. The van der Waals surface area contributed by atoms with E-state index in [4.69, 9.17) is 9.47 Å². The third-order valence-corrected chi connectivity index (χ3v) is 4.98. The third-order valence-electron chi connectivity index (χ3n) is 4.98. The fourth-order valence-electron chi connectivity index (χ4n) is 3.56. The van der Waals surface area contributed by atoms with Crippen molar-refractivity contribution in [2.45, 2.75) is 6.92 Å². The average Bonchev–Trinajstić information content (AvgIpc) is 3.05. The van der Waals surface area contributed by atoms with Crippen LogP contribution in [0.2, 0.25) is 0 Å². The maximum absolute atomic E-state index is 13.6. The molecule has 0 radical (unpaired) electrons. The summed E-state index contributed by atoms with van der Waals surface area (Å²) in [7, 11) is 1.50. The Morgan fingerprint density at radius 3 is 2.22 bits per heavy atom. The van der Waals surface area contributed by atoms with E-state index in [1.54, 1.807) is 48.5 Å². The number of methoxy groups -OCH3 is 1. The van der Waals surface area contributed by atoms with Gasteiger partial charge in [0, 0.05) is 11.3 Å². The van der Waals surface area contributed by atoms with Crippen molar-refractivity contribution in [2.75, 3.05) is 23.9 Å². The smallest absolute Gasteiger partial charge is 0.282 e. The van der Waals surface area contributed by atoms with E-state index in [2.05, 4.69) is 5.32 Å². The second-order valence-corrected chi connectivity index (χ2v) is 6.93. The number of carbonyl (C=O) groups excluding carboxylic acids is 2. The number of carbonyl (C=O) groups is 2. The molecule has 0 spiro atoms. The van der Waals surface area contributed by atoms with E-state index >= 15 is 0 Å². The van der Waals surface area contributed by atoms with E-state index in [0.717, 1.165) is 4.90 Å². The number of nitrogens with one attached hydrogen (secondary N) is 1. The lowest BCUT2D eigenvalue weighted by Gasteiger charge is -2.19. The predicted octanol–water partition coefficient (Wildman–Crippen LogP) is 4.63. The Hall–Kier alpha value is -4.13. The van der Waals surface area contributed by atoms with Gasteiger partial charge in [-0.15, -0.1) is 0 Å². The minimum absolute atomic E-state index is 0.0670. The van der Waals surface area contributed by atoms with Crippen molar-refractivity contribution in [3.63, 3.8) is 0 Å². The third kappa shape index (κ3) is 3.80. The quantitative estimate of drug-likeness (QED) is 0.552. The second kappa shape index (κ2) is 8.93. The number of rotatable bonds is 7. The molecule has 1 aliphatic heterocycles. The lowest BCUT2D eigenvalue weighted by atomic mass is 10.0. The molecule has 1 N–H and O–H groups in total. The van der Waals surface area contributed by atoms with Crippen LogP contribution in [0.1, 0.15) is 12.5 Å². The molecule has 4 rings (SSSR count). The highest BCUT2D eigenvalue weighted by Gasteiger charge is 2.42. The molecule has 1 aliphatic rings. The number of imide groups is 1. The minimum Gasteiger partial charge on any atom is -0.496 e. The zero-order valence-corrected chi connectivity index (χ0v) is 17.6. The topological polar surface area (TPSA) is 67.9 Å². The summed E-state index contributed by atoms with van der Waals surface area (Å²) in [5, 5.41) is 3.00. The largest absolute Gasteiger partial charge is 0.496 e. The molecule has 6 nitrogen and oxygen atoms in total. The average molecular weight is 432 g/mol. The number of ether oxygens (including phenoxy) is 2. The summed E-state index contributed by atoms with van der Waals surface area (Å²) in [4.78, 5) is 28.3. The van der Waals surface area contributed by atoms with Crippen LogP contribution >= 0.6 is 0 Å². The highest BCUT2D eigenvalue weighted by atomic mass is 19.1. The molecule has 32 heavy (non-hydrogen) atoms. The molecule has 3 aromatic rings. The van der Waals surface area contributed by atoms with Gasteiger partial charge >= 0.3 is 0 Å². The summed E-state index contributed by atoms with van der Waals surface area (Å²) in [5.74, 6) is -0.611. The van der Waals surface area contributed by atoms with E-state index in [1.165, 1.54) is 31.4 Å². The maximum atomic E-state index is 13.6. The van der Waals surface area contributed by atoms with E-state index in [1.807, 2.05) is 6.92 Å². The molecule has 2 amide bonds. The first-order chi connectivity index (χ1) is 15.5. The molecule has 0 saturated heterocycles. The molecule has 0 atom stereocenters. The van der Waals surface area contributed by atoms with Crippen LogP contribution in [0, 0.1) is 5.82 Å². The van der Waals surface area contributed by atoms with Crippen molar-refractivity contribution in [2.24, 2.45) is 0 Å². The first kappa shape index (κ1) is 21.1. The first-order valence-electron chi connectivity index (χ1n) is 10.1. The molecule has 162 valence electrons. The molecular weight excluding hydrogens is 411 g/mol. The molecule has 3 aromatic carbocycles. The Balaban J connectivity index is 1.86. The van der Waals surface area contributed by atoms with Gasteiger partial charge in [-0.3, -0.25) is 9.59 Å². The van der Waals surface area contributed by atoms with E-state index in [-0.39, 0.29) is 11.3 Å². The van der Waals surface area contributed by atoms with Crippen LogP contribution in [0.15, 0.2) is 78.5 Å². The monoisotopic (exact) mass is 432 g/mol. The van der Waals surface area contributed by atoms with Crippen LogP contribution in [-0.4, -0.2) is 25.5 Å². The number of hydrogen-bond donors (Lipinski definition) is 1. The highest BCUT2D eigenvalue weighted by Crippen LogP contribution is 2.40. The first-order valence-corrected chi connectivity index (χ1v) is 10.1. The van der Waals surface area contributed by atoms with Gasteiger partial charge in [-0.25, -0.2) is 9.29 Å². The molecule has 1 heterocycles. The van der Waals surface area contributed by atoms with Crippen LogP contribution in [0.4, 0.5) is 15.8 Å². The van der Waals surface area contributed by atoms with Crippen LogP contribution in [0.5, 0.6) is 11.5 Å². The summed E-state index contributed by atoms with van der Waals surface area (Å²) in [6.07, 6.45) is 0. The Bertz CT molecular complexity index is 1200. The summed E-state index contributed by atoms with van der Waals surface area (Å²) in [6, 6.07) is 19.4. The van der Waals surface area contributed by atoms with Gasteiger partial charge in [-0.1, -0.05) is 30.3 Å². The van der Waals surface area contributed by atoms with Crippen molar-refractivity contribution in [1.82, 2.24) is 0 Å². The van der Waals surface area contributed by atoms with E-state index < -0.39 is 17.6 Å². The van der Waals surface area contributed by atoms with Gasteiger partial charge in [0.25, 0.3) is 11.8 Å². The minimum atomic E-state index is -0.549. The Labute approximate surface area is 184 Å². The summed E-state index contributed by atoms with van der Waals surface area (Å²) in [5.41, 5.74) is 1.50. The van der Waals surface area contributed by atoms with Gasteiger partial charge in [0.2, 0.25) is 0 Å². The number of benzene rings is 3. The summed E-state index contributed by atoms with van der Waals surface area (Å²) in [6.45, 7) is 2.20. The summed E-state index contributed by atoms with van der Waals surface area (Å²) < 4.78 is 24.5. The highest BCUT2D eigenvalue weighted by molar-refractivity contribution is 6.46. The maximum Gasteiger partial charge on any atom is 0.282 e. The predicted molar refractivity (Wildman–Crippen MR) is 120 cm³/mol. The normalized spacial score (nSPS) is 13.5. The van der Waals surface area contributed by atoms with Crippen molar-refractivity contribution in [3.05, 3.63) is 89.9 Å². The van der Waals surface area contributed by atoms with Crippen molar-refractivity contribution >= 4 is 28.8 Å². The number of anilines is 2. The Morgan fingerprint density at radius 2 is 1.53 bits per heavy atom. The number of halogens is 1. The molecule has 0 aliphatic carbocycles. The van der Waals surface area contributed by atoms with Crippen LogP contribution in [0.3, 0.4) is 0 Å². The molecule has 0 unspecified atom stereocenters. The number of nitrogens with zero attached hydrogens (tertiary/aromatic N) is 1. The van der Waals surface area contributed by atoms with Crippen molar-refractivity contribution < 1.29 is 23.5 Å². The molecule has 0 fully saturated rings. The van der Waals surface area contributed by atoms with Crippen molar-refractivity contribution in [3.8, 4) is 11.5 Å².